The van der Waals surface area contributed by atoms with Gasteiger partial charge in [-0.2, -0.15) is 13.2 Å². The second kappa shape index (κ2) is 5.00. The summed E-state index contributed by atoms with van der Waals surface area (Å²) < 4.78 is 35.5. The van der Waals surface area contributed by atoms with E-state index >= 15 is 0 Å². The van der Waals surface area contributed by atoms with Crippen LogP contribution in [0.2, 0.25) is 0 Å². The molecule has 0 aliphatic heterocycles. The number of alkyl halides is 3. The molecule has 0 unspecified atom stereocenters. The fourth-order valence-electron chi connectivity index (χ4n) is 1.18. The van der Waals surface area contributed by atoms with Gasteiger partial charge < -0.3 is 5.32 Å². The SMILES string of the molecule is Cc1cnccc1NCCCC(F)(F)F. The van der Waals surface area contributed by atoms with E-state index in [1.165, 1.54) is 0 Å². The van der Waals surface area contributed by atoms with Crippen LogP contribution in [0.15, 0.2) is 18.5 Å². The number of rotatable bonds is 4. The lowest BCUT2D eigenvalue weighted by Gasteiger charge is -2.09. The minimum absolute atomic E-state index is 0.0886. The van der Waals surface area contributed by atoms with Gasteiger partial charge in [0.25, 0.3) is 0 Å². The van der Waals surface area contributed by atoms with Crippen molar-refractivity contribution in [3.05, 3.63) is 24.0 Å². The monoisotopic (exact) mass is 218 g/mol. The fourth-order valence-corrected chi connectivity index (χ4v) is 1.18. The van der Waals surface area contributed by atoms with Gasteiger partial charge in [0.2, 0.25) is 0 Å². The summed E-state index contributed by atoms with van der Waals surface area (Å²) in [5, 5.41) is 2.95. The molecular weight excluding hydrogens is 205 g/mol. The molecule has 1 N–H and O–H groups in total. The van der Waals surface area contributed by atoms with E-state index in [-0.39, 0.29) is 6.42 Å². The minimum atomic E-state index is -4.06. The van der Waals surface area contributed by atoms with Crippen molar-refractivity contribution in [2.45, 2.75) is 25.9 Å². The normalized spacial score (nSPS) is 11.5. The predicted molar refractivity (Wildman–Crippen MR) is 52.8 cm³/mol. The first-order valence-corrected chi connectivity index (χ1v) is 4.70. The van der Waals surface area contributed by atoms with Crippen LogP contribution in [0.1, 0.15) is 18.4 Å². The first-order valence-electron chi connectivity index (χ1n) is 4.70. The molecule has 15 heavy (non-hydrogen) atoms. The Morgan fingerprint density at radius 3 is 2.73 bits per heavy atom. The number of nitrogens with one attached hydrogen (secondary N) is 1. The lowest BCUT2D eigenvalue weighted by Crippen LogP contribution is -2.11. The molecule has 0 aromatic carbocycles. The second-order valence-electron chi connectivity index (χ2n) is 3.34. The van der Waals surface area contributed by atoms with Crippen molar-refractivity contribution in [3.8, 4) is 0 Å². The van der Waals surface area contributed by atoms with E-state index < -0.39 is 12.6 Å². The average molecular weight is 218 g/mol. The Bertz CT molecular complexity index is 310. The number of anilines is 1. The van der Waals surface area contributed by atoms with Crippen molar-refractivity contribution in [1.82, 2.24) is 4.98 Å². The van der Waals surface area contributed by atoms with Gasteiger partial charge in [-0.25, -0.2) is 0 Å². The van der Waals surface area contributed by atoms with Gasteiger partial charge in [-0.1, -0.05) is 0 Å². The molecular formula is C10H13F3N2. The highest BCUT2D eigenvalue weighted by Gasteiger charge is 2.25. The maximum absolute atomic E-state index is 11.8. The van der Waals surface area contributed by atoms with Crippen LogP contribution in [-0.4, -0.2) is 17.7 Å². The molecule has 1 aromatic rings. The molecule has 0 radical (unpaired) electrons. The number of pyridine rings is 1. The van der Waals surface area contributed by atoms with Crippen LogP contribution in [0.25, 0.3) is 0 Å². The van der Waals surface area contributed by atoms with E-state index in [4.69, 9.17) is 0 Å². The Hall–Kier alpha value is -1.26. The maximum Gasteiger partial charge on any atom is 0.389 e. The summed E-state index contributed by atoms with van der Waals surface area (Å²) >= 11 is 0. The molecule has 1 aromatic heterocycles. The van der Waals surface area contributed by atoms with Gasteiger partial charge in [0, 0.05) is 31.0 Å². The predicted octanol–water partition coefficient (Wildman–Crippen LogP) is 3.14. The Morgan fingerprint density at radius 1 is 1.40 bits per heavy atom. The molecule has 1 rings (SSSR count). The zero-order valence-electron chi connectivity index (χ0n) is 8.43. The zero-order valence-corrected chi connectivity index (χ0v) is 8.43. The van der Waals surface area contributed by atoms with Gasteiger partial charge in [0.1, 0.15) is 0 Å². The van der Waals surface area contributed by atoms with Crippen molar-refractivity contribution in [2.75, 3.05) is 11.9 Å². The molecule has 0 spiro atoms. The molecule has 5 heteroatoms. The smallest absolute Gasteiger partial charge is 0.385 e. The van der Waals surface area contributed by atoms with Gasteiger partial charge >= 0.3 is 6.18 Å². The quantitative estimate of drug-likeness (QED) is 0.785. The summed E-state index contributed by atoms with van der Waals surface area (Å²) in [4.78, 5) is 3.89. The Morgan fingerprint density at radius 2 is 2.13 bits per heavy atom. The summed E-state index contributed by atoms with van der Waals surface area (Å²) in [7, 11) is 0. The highest BCUT2D eigenvalue weighted by atomic mass is 19.4. The average Bonchev–Trinajstić information content (AvgIpc) is 2.13. The van der Waals surface area contributed by atoms with Crippen LogP contribution in [0, 0.1) is 6.92 Å². The van der Waals surface area contributed by atoms with Crippen LogP contribution in [0.5, 0.6) is 0 Å². The van der Waals surface area contributed by atoms with Crippen molar-refractivity contribution in [3.63, 3.8) is 0 Å². The third-order valence-electron chi connectivity index (χ3n) is 1.97. The van der Waals surface area contributed by atoms with Gasteiger partial charge in [0.15, 0.2) is 0 Å². The number of aryl methyl sites for hydroxylation is 1. The zero-order chi connectivity index (χ0) is 11.3. The van der Waals surface area contributed by atoms with Gasteiger partial charge in [0.05, 0.1) is 0 Å². The molecule has 2 nitrogen and oxygen atoms in total. The van der Waals surface area contributed by atoms with E-state index in [2.05, 4.69) is 10.3 Å². The number of hydrogen-bond donors (Lipinski definition) is 1. The second-order valence-corrected chi connectivity index (χ2v) is 3.34. The first kappa shape index (κ1) is 11.8. The summed E-state index contributed by atoms with van der Waals surface area (Å²) in [6.45, 7) is 2.18. The molecule has 0 bridgehead atoms. The fraction of sp³-hybridized carbons (Fsp3) is 0.500. The number of halogens is 3. The van der Waals surface area contributed by atoms with Crippen LogP contribution >= 0.6 is 0 Å². The van der Waals surface area contributed by atoms with Crippen molar-refractivity contribution < 1.29 is 13.2 Å². The van der Waals surface area contributed by atoms with E-state index in [1.807, 2.05) is 6.92 Å². The minimum Gasteiger partial charge on any atom is -0.385 e. The topological polar surface area (TPSA) is 24.9 Å². The highest BCUT2D eigenvalue weighted by Crippen LogP contribution is 2.21. The molecule has 0 saturated heterocycles. The first-order chi connectivity index (χ1) is 6.99. The lowest BCUT2D eigenvalue weighted by molar-refractivity contribution is -0.134. The van der Waals surface area contributed by atoms with Crippen molar-refractivity contribution in [2.24, 2.45) is 0 Å². The third-order valence-corrected chi connectivity index (χ3v) is 1.97. The Balaban J connectivity index is 2.30. The van der Waals surface area contributed by atoms with Crippen LogP contribution in [-0.2, 0) is 0 Å². The molecule has 0 atom stereocenters. The van der Waals surface area contributed by atoms with Crippen molar-refractivity contribution in [1.29, 1.82) is 0 Å². The largest absolute Gasteiger partial charge is 0.389 e. The molecule has 0 fully saturated rings. The maximum atomic E-state index is 11.8. The summed E-state index contributed by atoms with van der Waals surface area (Å²) in [6.07, 6.45) is -1.43. The molecule has 0 aliphatic carbocycles. The third kappa shape index (κ3) is 4.67. The van der Waals surface area contributed by atoms with E-state index in [0.717, 1.165) is 11.3 Å². The lowest BCUT2D eigenvalue weighted by atomic mass is 10.2. The Labute approximate surface area is 86.5 Å². The van der Waals surface area contributed by atoms with Gasteiger partial charge in [-0.15, -0.1) is 0 Å². The molecule has 0 amide bonds. The molecule has 1 heterocycles. The van der Waals surface area contributed by atoms with Crippen LogP contribution in [0.3, 0.4) is 0 Å². The van der Waals surface area contributed by atoms with Gasteiger partial charge in [-0.3, -0.25) is 4.98 Å². The van der Waals surface area contributed by atoms with Crippen LogP contribution < -0.4 is 5.32 Å². The standard InChI is InChI=1S/C10H13F3N2/c1-8-7-14-6-3-9(8)15-5-2-4-10(11,12)13/h3,6-7H,2,4-5H2,1H3,(H,14,15). The summed E-state index contributed by atoms with van der Waals surface area (Å²) in [5.41, 5.74) is 1.77. The van der Waals surface area contributed by atoms with E-state index in [1.54, 1.807) is 18.5 Å². The highest BCUT2D eigenvalue weighted by molar-refractivity contribution is 5.48. The van der Waals surface area contributed by atoms with Crippen molar-refractivity contribution >= 4 is 5.69 Å². The molecule has 0 aliphatic rings. The molecule has 0 saturated carbocycles. The number of hydrogen-bond acceptors (Lipinski definition) is 2. The van der Waals surface area contributed by atoms with Crippen LogP contribution in [0.4, 0.5) is 18.9 Å². The summed E-state index contributed by atoms with van der Waals surface area (Å²) in [6, 6.07) is 1.75. The van der Waals surface area contributed by atoms with Gasteiger partial charge in [-0.05, 0) is 25.0 Å². The van der Waals surface area contributed by atoms with E-state index in [0.29, 0.717) is 6.54 Å². The van der Waals surface area contributed by atoms with E-state index in [9.17, 15) is 13.2 Å². The Kier molecular flexibility index (Phi) is 3.94. The molecule has 84 valence electrons. The number of nitrogens with zero attached hydrogens (tertiary/aromatic N) is 1. The summed E-state index contributed by atoms with van der Waals surface area (Å²) in [5.74, 6) is 0. The number of aromatic nitrogens is 1.